The Kier molecular flexibility index (Phi) is 10.2. The molecule has 0 aromatic heterocycles. The quantitative estimate of drug-likeness (QED) is 0.442. The van der Waals surface area contributed by atoms with Gasteiger partial charge in [-0.25, -0.2) is 0 Å². The Bertz CT molecular complexity index is 404. The van der Waals surface area contributed by atoms with E-state index in [9.17, 15) is 0 Å². The first-order valence-electron chi connectivity index (χ1n) is 6.64. The molecule has 0 aliphatic heterocycles. The smallest absolute Gasteiger partial charge is 0.135 e. The molecule has 4 nitrogen and oxygen atoms in total. The van der Waals surface area contributed by atoms with Crippen LogP contribution in [-0.4, -0.2) is 36.0 Å². The van der Waals surface area contributed by atoms with Crippen molar-refractivity contribution in [3.05, 3.63) is 18.2 Å². The number of ether oxygens (including phenoxy) is 1. The van der Waals surface area contributed by atoms with Crippen LogP contribution >= 0.6 is 24.8 Å². The molecule has 0 aliphatic carbocycles. The maximum atomic E-state index is 5.68. The van der Waals surface area contributed by atoms with Gasteiger partial charge >= 0.3 is 0 Å². The number of rotatable bonds is 5. The van der Waals surface area contributed by atoms with Crippen LogP contribution in [0.1, 0.15) is 20.8 Å². The van der Waals surface area contributed by atoms with Crippen LogP contribution < -0.4 is 15.8 Å². The van der Waals surface area contributed by atoms with E-state index >= 15 is 0 Å². The van der Waals surface area contributed by atoms with Crippen molar-refractivity contribution in [2.75, 3.05) is 37.8 Å². The third kappa shape index (κ3) is 7.57. The molecule has 1 rings (SSSR count). The molecule has 3 N–H and O–H groups in total. The Morgan fingerprint density at radius 1 is 1.30 bits per heavy atom. The lowest BCUT2D eigenvalue weighted by atomic mass is 10.2. The highest BCUT2D eigenvalue weighted by Gasteiger charge is 2.01. The number of benzene rings is 1. The lowest BCUT2D eigenvalue weighted by molar-refractivity contribution is 0.321. The average Bonchev–Trinajstić information content (AvgIpc) is 2.43. The number of nitrogens with zero attached hydrogens (tertiary/aromatic N) is 1. The number of thiol groups is 1. The molecule has 0 atom stereocenters. The number of nitrogens with one attached hydrogen (secondary N) is 1. The predicted octanol–water partition coefficient (Wildman–Crippen LogP) is 3.25. The summed E-state index contributed by atoms with van der Waals surface area (Å²) in [7, 11) is 1.59. The van der Waals surface area contributed by atoms with E-state index in [1.165, 1.54) is 19.6 Å². The van der Waals surface area contributed by atoms with Crippen LogP contribution in [0.4, 0.5) is 11.4 Å². The van der Waals surface area contributed by atoms with Crippen molar-refractivity contribution in [2.45, 2.75) is 20.8 Å². The van der Waals surface area contributed by atoms with E-state index in [4.69, 9.17) is 22.7 Å². The third-order valence-corrected chi connectivity index (χ3v) is 3.06. The molecule has 0 radical (unpaired) electrons. The third-order valence-electron chi connectivity index (χ3n) is 2.84. The van der Waals surface area contributed by atoms with E-state index in [-0.39, 0.29) is 0 Å². The number of hydrogen-bond acceptors (Lipinski definition) is 4. The van der Waals surface area contributed by atoms with Gasteiger partial charge < -0.3 is 20.7 Å². The van der Waals surface area contributed by atoms with E-state index in [1.54, 1.807) is 25.3 Å². The van der Waals surface area contributed by atoms with Gasteiger partial charge in [0.25, 0.3) is 0 Å². The van der Waals surface area contributed by atoms with Gasteiger partial charge in [-0.3, -0.25) is 0 Å². The van der Waals surface area contributed by atoms with E-state index in [1.807, 2.05) is 0 Å². The number of thiocarbonyl (C=S) groups is 1. The van der Waals surface area contributed by atoms with Gasteiger partial charge in [-0.2, -0.15) is 0 Å². The van der Waals surface area contributed by atoms with Crippen LogP contribution in [-0.2, 0) is 0 Å². The Morgan fingerprint density at radius 2 is 1.85 bits per heavy atom. The topological polar surface area (TPSA) is 50.5 Å². The normalized spacial score (nSPS) is 9.70. The molecule has 0 heterocycles. The first-order chi connectivity index (χ1) is 9.48. The standard InChI is InChI=1S/C8H10N2OS2.C6H15N/c1-11-5-2-3-6(9)7(4-5)10-8(12)13;1-4-7(5-2)6-3/h2-4H,9H2,1H3,(H2,10,12,13);4-6H2,1-3H3. The molecular formula is C14H25N3OS2. The summed E-state index contributed by atoms with van der Waals surface area (Å²) in [5, 5.41) is 2.84. The van der Waals surface area contributed by atoms with Crippen LogP contribution in [0.3, 0.4) is 0 Å². The summed E-state index contributed by atoms with van der Waals surface area (Å²) >= 11 is 8.72. The van der Waals surface area contributed by atoms with Crippen molar-refractivity contribution >= 4 is 40.5 Å². The summed E-state index contributed by atoms with van der Waals surface area (Å²) in [6.07, 6.45) is 0. The van der Waals surface area contributed by atoms with Crippen molar-refractivity contribution in [3.8, 4) is 5.75 Å². The second-order valence-electron chi connectivity index (χ2n) is 4.00. The molecule has 0 spiro atoms. The van der Waals surface area contributed by atoms with Gasteiger partial charge in [0, 0.05) is 6.07 Å². The average molecular weight is 316 g/mol. The molecule has 0 saturated carbocycles. The zero-order valence-electron chi connectivity index (χ0n) is 12.6. The summed E-state index contributed by atoms with van der Waals surface area (Å²) < 4.78 is 5.40. The molecular weight excluding hydrogens is 290 g/mol. The van der Waals surface area contributed by atoms with Gasteiger partial charge in [0.15, 0.2) is 0 Å². The second kappa shape index (κ2) is 10.8. The highest BCUT2D eigenvalue weighted by Crippen LogP contribution is 2.24. The van der Waals surface area contributed by atoms with Crippen molar-refractivity contribution < 1.29 is 4.74 Å². The minimum atomic E-state index is 0.375. The summed E-state index contributed by atoms with van der Waals surface area (Å²) in [6.45, 7) is 10.1. The number of hydrogen-bond donors (Lipinski definition) is 3. The van der Waals surface area contributed by atoms with E-state index in [0.29, 0.717) is 15.7 Å². The largest absolute Gasteiger partial charge is 0.497 e. The fourth-order valence-corrected chi connectivity index (χ4v) is 1.79. The van der Waals surface area contributed by atoms with Crippen molar-refractivity contribution in [2.24, 2.45) is 0 Å². The molecule has 0 bridgehead atoms. The minimum absolute atomic E-state index is 0.375. The second-order valence-corrected chi connectivity index (χ2v) is 5.16. The Labute approximate surface area is 133 Å². The summed E-state index contributed by atoms with van der Waals surface area (Å²) in [5.74, 6) is 0.723. The fourth-order valence-electron chi connectivity index (χ4n) is 1.56. The minimum Gasteiger partial charge on any atom is -0.497 e. The van der Waals surface area contributed by atoms with Crippen molar-refractivity contribution in [1.29, 1.82) is 0 Å². The van der Waals surface area contributed by atoms with Gasteiger partial charge in [-0.15, -0.1) is 12.6 Å². The van der Waals surface area contributed by atoms with Gasteiger partial charge in [-0.05, 0) is 31.8 Å². The molecule has 20 heavy (non-hydrogen) atoms. The monoisotopic (exact) mass is 315 g/mol. The maximum absolute atomic E-state index is 5.68. The van der Waals surface area contributed by atoms with Gasteiger partial charge in [0.2, 0.25) is 0 Å². The SMILES string of the molecule is CCN(CC)CC.COc1ccc(N)c(NC(=S)S)c1. The zero-order valence-corrected chi connectivity index (χ0v) is 14.4. The Hall–Kier alpha value is -0.980. The highest BCUT2D eigenvalue weighted by atomic mass is 32.1. The van der Waals surface area contributed by atoms with E-state index in [0.717, 1.165) is 5.75 Å². The van der Waals surface area contributed by atoms with Gasteiger partial charge in [0.05, 0.1) is 18.5 Å². The van der Waals surface area contributed by atoms with Crippen LogP contribution in [0.15, 0.2) is 18.2 Å². The Balaban J connectivity index is 0.000000441. The number of anilines is 2. The number of methoxy groups -OCH3 is 1. The molecule has 0 saturated heterocycles. The first-order valence-corrected chi connectivity index (χ1v) is 7.49. The maximum Gasteiger partial charge on any atom is 0.135 e. The van der Waals surface area contributed by atoms with Crippen LogP contribution in [0, 0.1) is 0 Å². The lowest BCUT2D eigenvalue weighted by Gasteiger charge is -2.13. The summed E-state index contributed by atoms with van der Waals surface area (Å²) in [4.78, 5) is 2.38. The molecule has 114 valence electrons. The zero-order chi connectivity index (χ0) is 15.5. The molecule has 0 aliphatic rings. The fraction of sp³-hybridized carbons (Fsp3) is 0.500. The molecule has 1 aromatic carbocycles. The van der Waals surface area contributed by atoms with E-state index in [2.05, 4.69) is 43.6 Å². The molecule has 0 fully saturated rings. The summed E-state index contributed by atoms with van der Waals surface area (Å²) in [6, 6.07) is 5.28. The van der Waals surface area contributed by atoms with E-state index < -0.39 is 0 Å². The lowest BCUT2D eigenvalue weighted by Crippen LogP contribution is -2.21. The number of nitrogens with two attached hydrogens (primary N) is 1. The van der Waals surface area contributed by atoms with Crippen LogP contribution in [0.25, 0.3) is 0 Å². The van der Waals surface area contributed by atoms with Crippen LogP contribution in [0.2, 0.25) is 0 Å². The van der Waals surface area contributed by atoms with Gasteiger partial charge in [-0.1, -0.05) is 33.0 Å². The molecule has 6 heteroatoms. The van der Waals surface area contributed by atoms with Crippen molar-refractivity contribution in [3.63, 3.8) is 0 Å². The molecule has 1 aromatic rings. The first kappa shape index (κ1) is 19.0. The van der Waals surface area contributed by atoms with Crippen LogP contribution in [0.5, 0.6) is 5.75 Å². The highest BCUT2D eigenvalue weighted by molar-refractivity contribution is 8.11. The van der Waals surface area contributed by atoms with Gasteiger partial charge in [0.1, 0.15) is 10.1 Å². The Morgan fingerprint density at radius 3 is 2.20 bits per heavy atom. The van der Waals surface area contributed by atoms with Crippen molar-refractivity contribution in [1.82, 2.24) is 4.90 Å². The molecule has 0 amide bonds. The predicted molar refractivity (Wildman–Crippen MR) is 96.1 cm³/mol. The number of nitrogen functional groups attached to an aromatic ring is 1. The summed E-state index contributed by atoms with van der Waals surface area (Å²) in [5.41, 5.74) is 7.00. The molecule has 0 unspecified atom stereocenters.